The van der Waals surface area contributed by atoms with Crippen LogP contribution in [-0.4, -0.2) is 106 Å². The minimum atomic E-state index is -3.88. The van der Waals surface area contributed by atoms with Gasteiger partial charge in [0.25, 0.3) is 0 Å². The number of esters is 3. The van der Waals surface area contributed by atoms with Gasteiger partial charge in [0.2, 0.25) is 25.3 Å². The first kappa shape index (κ1) is 85.4. The highest BCUT2D eigenvalue weighted by atomic mass is 32.2. The number of Topliss-reactive ketones (excluding diaryl/α,β-unsaturated/α-hetero) is 3. The molecule has 0 heterocycles. The number of hydrogen-bond donors (Lipinski definition) is 0. The lowest BCUT2D eigenvalue weighted by atomic mass is 9.88. The van der Waals surface area contributed by atoms with Crippen molar-refractivity contribution in [1.82, 2.24) is 0 Å². The van der Waals surface area contributed by atoms with Crippen LogP contribution in [0.2, 0.25) is 0 Å². The quantitative estimate of drug-likeness (QED) is 0.0115. The molecule has 14 nitrogen and oxygen atoms in total. The maximum Gasteiger partial charge on any atom is 0.306 e. The number of hydrogen-bond acceptors (Lipinski definition) is 17. The van der Waals surface area contributed by atoms with E-state index in [9.17, 15) is 43.2 Å². The van der Waals surface area contributed by atoms with Gasteiger partial charge in [-0.3, -0.25) is 43.2 Å². The van der Waals surface area contributed by atoms with Gasteiger partial charge in [0, 0.05) is 116 Å². The summed E-state index contributed by atoms with van der Waals surface area (Å²) in [5.41, 5.74) is 5.82. The lowest BCUT2D eigenvalue weighted by Gasteiger charge is -2.31. The van der Waals surface area contributed by atoms with Gasteiger partial charge in [-0.2, -0.15) is 35.3 Å². The molecule has 0 aromatic heterocycles. The fourth-order valence-electron chi connectivity index (χ4n) is 14.1. The van der Waals surface area contributed by atoms with Crippen molar-refractivity contribution in [2.45, 2.75) is 114 Å². The Morgan fingerprint density at radius 1 is 0.327 bits per heavy atom. The molecule has 9 rings (SSSR count). The molecule has 9 aromatic rings. The molecule has 0 fully saturated rings. The Morgan fingerprint density at radius 2 is 0.564 bits per heavy atom. The minimum absolute atomic E-state index is 0.0126. The van der Waals surface area contributed by atoms with Crippen molar-refractivity contribution >= 4 is 141 Å². The first-order valence-electron chi connectivity index (χ1n) is 36.9. The summed E-state index contributed by atoms with van der Waals surface area (Å²) in [6.07, 6.45) is 0.524. The van der Waals surface area contributed by atoms with Crippen LogP contribution in [0.4, 0.5) is 0 Å². The van der Waals surface area contributed by atoms with Crippen molar-refractivity contribution in [3.8, 4) is 0 Å². The van der Waals surface area contributed by atoms with Crippen LogP contribution < -0.4 is 31.8 Å². The van der Waals surface area contributed by atoms with Crippen LogP contribution in [0, 0.1) is 67.7 Å². The smallest absolute Gasteiger partial charge is 0.306 e. The number of ether oxygens (including phenoxy) is 3. The number of thioether (sulfide) groups is 3. The summed E-state index contributed by atoms with van der Waals surface area (Å²) < 4.78 is 48.0. The Labute approximate surface area is 660 Å². The number of rotatable bonds is 40. The Hall–Kier alpha value is -8.65. The molecule has 0 amide bonds. The zero-order valence-electron chi connectivity index (χ0n) is 64.1. The van der Waals surface area contributed by atoms with Crippen molar-refractivity contribution in [2.24, 2.45) is 5.41 Å². The molecule has 0 radical (unpaired) electrons. The minimum Gasteiger partial charge on any atom is -0.465 e. The summed E-state index contributed by atoms with van der Waals surface area (Å²) in [7, 11) is -9.21. The normalized spacial score (nSPS) is 11.6. The molecule has 0 N–H and O–H groups in total. The molecular formula is C90H95O14P3S3. The highest BCUT2D eigenvalue weighted by Crippen LogP contribution is 2.50. The molecule has 572 valence electrons. The van der Waals surface area contributed by atoms with Gasteiger partial charge in [-0.15, -0.1) is 0 Å². The molecule has 9 aromatic carbocycles. The molecule has 0 aliphatic carbocycles. The monoisotopic (exact) mass is 1590 g/mol. The second kappa shape index (κ2) is 40.0. The van der Waals surface area contributed by atoms with E-state index in [0.29, 0.717) is 117 Å². The average Bonchev–Trinajstić information content (AvgIpc) is 0.766. The summed E-state index contributed by atoms with van der Waals surface area (Å²) in [5, 5.41) is 3.41. The Morgan fingerprint density at radius 3 is 0.836 bits per heavy atom. The first-order chi connectivity index (χ1) is 52.8. The van der Waals surface area contributed by atoms with E-state index in [1.54, 1.807) is 161 Å². The van der Waals surface area contributed by atoms with E-state index in [0.717, 1.165) is 21.7 Å². The van der Waals surface area contributed by atoms with Gasteiger partial charge >= 0.3 is 17.9 Å². The van der Waals surface area contributed by atoms with Crippen LogP contribution in [0.5, 0.6) is 0 Å². The van der Waals surface area contributed by atoms with Gasteiger partial charge in [0.1, 0.15) is 19.8 Å². The lowest BCUT2D eigenvalue weighted by molar-refractivity contribution is -0.161. The second-order valence-electron chi connectivity index (χ2n) is 27.6. The van der Waals surface area contributed by atoms with E-state index in [1.807, 2.05) is 108 Å². The third-order valence-electron chi connectivity index (χ3n) is 19.8. The maximum atomic E-state index is 15.2. The van der Waals surface area contributed by atoms with Gasteiger partial charge in [-0.05, 0) is 129 Å². The maximum absolute atomic E-state index is 15.2. The zero-order valence-corrected chi connectivity index (χ0v) is 69.3. The number of aryl methyl sites for hydroxylation is 6. The summed E-state index contributed by atoms with van der Waals surface area (Å²) in [4.78, 5) is 127. The molecule has 0 saturated carbocycles. The van der Waals surface area contributed by atoms with E-state index in [1.165, 1.54) is 35.3 Å². The fraction of sp³-hybridized carbons (Fsp3) is 0.300. The van der Waals surface area contributed by atoms with Gasteiger partial charge in [-0.1, -0.05) is 207 Å². The van der Waals surface area contributed by atoms with E-state index in [4.69, 9.17) is 14.2 Å². The number of ketones is 3. The molecule has 20 heteroatoms. The molecule has 0 atom stereocenters. The largest absolute Gasteiger partial charge is 0.465 e. The predicted octanol–water partition coefficient (Wildman–Crippen LogP) is 17.6. The van der Waals surface area contributed by atoms with Gasteiger partial charge in [-0.25, -0.2) is 0 Å². The predicted molar refractivity (Wildman–Crippen MR) is 452 cm³/mol. The highest BCUT2D eigenvalue weighted by molar-refractivity contribution is 7.99. The van der Waals surface area contributed by atoms with Gasteiger partial charge in [0.05, 0.1) is 24.7 Å². The number of carbonyl (C=O) groups is 9. The van der Waals surface area contributed by atoms with E-state index in [-0.39, 0.29) is 98.8 Å². The SMILES string of the molecule is CCC(COC(=O)CCSCCC(=O)c1c(C)cc(C)c(C(=O)P(c2ccccc2)c2ccccc2)c1C)(COC(=O)CCSCCC(=O)c1c(C)cc(C)c(C(=O)P(=O)(c2ccccc2)c2ccccc2)c1C)COC(=O)CCSCCC(=O)c1c(C)cc(C)c(C(=O)P(=O)(c2ccccc2)c2ccccc2)c1C. The lowest BCUT2D eigenvalue weighted by Crippen LogP contribution is -2.39. The Bertz CT molecular complexity index is 4600. The van der Waals surface area contributed by atoms with E-state index < -0.39 is 56.6 Å². The zero-order chi connectivity index (χ0) is 79.3. The third-order valence-corrected chi connectivity index (χ3v) is 30.7. The Balaban J connectivity index is 0.806. The first-order valence-corrected chi connectivity index (χ1v) is 45.1. The molecule has 0 saturated heterocycles. The van der Waals surface area contributed by atoms with Crippen molar-refractivity contribution in [2.75, 3.05) is 54.3 Å². The summed E-state index contributed by atoms with van der Waals surface area (Å²) >= 11 is 4.17. The molecule has 0 unspecified atom stereocenters. The van der Waals surface area contributed by atoms with Crippen LogP contribution in [0.3, 0.4) is 0 Å². The van der Waals surface area contributed by atoms with Crippen LogP contribution in [0.1, 0.15) is 164 Å². The topological polar surface area (TPSA) is 215 Å². The molecular weight excluding hydrogens is 1490 g/mol. The number of carbonyl (C=O) groups excluding carboxylic acids is 9. The molecule has 0 aliphatic rings. The van der Waals surface area contributed by atoms with E-state index >= 15 is 9.13 Å². The van der Waals surface area contributed by atoms with Gasteiger partial charge < -0.3 is 23.3 Å². The fourth-order valence-corrected chi connectivity index (χ4v) is 24.1. The van der Waals surface area contributed by atoms with Crippen LogP contribution >= 0.6 is 57.5 Å². The molecule has 0 spiro atoms. The Kier molecular flexibility index (Phi) is 31.0. The highest BCUT2D eigenvalue weighted by Gasteiger charge is 2.42. The average molecular weight is 1590 g/mol. The molecule has 0 bridgehead atoms. The van der Waals surface area contributed by atoms with E-state index in [2.05, 4.69) is 0 Å². The van der Waals surface area contributed by atoms with Gasteiger partial charge in [0.15, 0.2) is 22.9 Å². The second-order valence-corrected chi connectivity index (χ2v) is 38.7. The van der Waals surface area contributed by atoms with Crippen molar-refractivity contribution in [3.63, 3.8) is 0 Å². The number of benzene rings is 9. The standard InChI is InChI=1S/C90H95O14P3S3/c1-11-90(57-102-78(94)45-51-108-48-42-75(91)81-60(2)54-63(5)84(66(81)8)87(97)105(69-30-18-12-19-31-69)70-32-20-13-21-33-70,58-103-79(95)46-52-109-49-43-76(92)82-61(3)55-64(6)85(67(82)9)88(98)106(100,71-34-22-14-23-35-71)72-36-24-15-25-37-72)59-104-80(96)47-53-110-50-44-77(93)83-62(4)56-65(7)86(68(83)10)89(99)107(101,73-38-26-16-27-39-73)74-40-28-17-29-41-74/h12-41,54-56H,11,42-53,57-59H2,1-10H3. The molecule has 110 heavy (non-hydrogen) atoms. The van der Waals surface area contributed by atoms with Crippen molar-refractivity contribution in [3.05, 3.63) is 284 Å². The summed E-state index contributed by atoms with van der Waals surface area (Å²) in [6, 6.07) is 59.6. The molecule has 0 aliphatic heterocycles. The van der Waals surface area contributed by atoms with Crippen molar-refractivity contribution in [1.29, 1.82) is 0 Å². The van der Waals surface area contributed by atoms with Crippen molar-refractivity contribution < 1.29 is 66.5 Å². The van der Waals surface area contributed by atoms with Crippen LogP contribution in [-0.2, 0) is 37.7 Å². The van der Waals surface area contributed by atoms with Crippen LogP contribution in [0.15, 0.2) is 200 Å². The third kappa shape index (κ3) is 20.5. The summed E-state index contributed by atoms with van der Waals surface area (Å²) in [6.45, 7) is 17.3. The van der Waals surface area contributed by atoms with Crippen LogP contribution in [0.25, 0.3) is 0 Å². The summed E-state index contributed by atoms with van der Waals surface area (Å²) in [5.74, 6) is -0.187.